The van der Waals surface area contributed by atoms with Crippen molar-refractivity contribution in [1.29, 1.82) is 0 Å². The lowest BCUT2D eigenvalue weighted by Gasteiger charge is -2.32. The third kappa shape index (κ3) is 4.24. The quantitative estimate of drug-likeness (QED) is 0.777. The van der Waals surface area contributed by atoms with Crippen molar-refractivity contribution in [2.75, 3.05) is 6.54 Å². The molecule has 1 aromatic rings. The zero-order valence-corrected chi connectivity index (χ0v) is 13.2. The van der Waals surface area contributed by atoms with Gasteiger partial charge < -0.3 is 10.1 Å². The fourth-order valence-electron chi connectivity index (χ4n) is 2.95. The molecular weight excluding hydrogens is 246 g/mol. The van der Waals surface area contributed by atoms with E-state index < -0.39 is 0 Å². The van der Waals surface area contributed by atoms with Crippen molar-refractivity contribution in [2.24, 2.45) is 11.8 Å². The fraction of sp³-hybridized carbons (Fsp3) is 0.667. The van der Waals surface area contributed by atoms with E-state index in [2.05, 4.69) is 50.4 Å². The third-order valence-electron chi connectivity index (χ3n) is 4.56. The van der Waals surface area contributed by atoms with Gasteiger partial charge in [0.2, 0.25) is 0 Å². The lowest BCUT2D eigenvalue weighted by Crippen LogP contribution is -2.29. The molecule has 2 heteroatoms. The highest BCUT2D eigenvalue weighted by molar-refractivity contribution is 5.33. The van der Waals surface area contributed by atoms with Crippen LogP contribution in [0.5, 0.6) is 5.75 Å². The van der Waals surface area contributed by atoms with Crippen LogP contribution in [-0.4, -0.2) is 12.6 Å². The van der Waals surface area contributed by atoms with Gasteiger partial charge in [-0.05, 0) is 50.1 Å². The molecule has 1 saturated carbocycles. The molecule has 3 atom stereocenters. The molecule has 1 aromatic carbocycles. The zero-order valence-electron chi connectivity index (χ0n) is 13.2. The fourth-order valence-corrected chi connectivity index (χ4v) is 2.95. The molecule has 0 aromatic heterocycles. The number of rotatable bonds is 6. The smallest absolute Gasteiger partial charge is 0.124 e. The summed E-state index contributed by atoms with van der Waals surface area (Å²) >= 11 is 0. The number of hydrogen-bond acceptors (Lipinski definition) is 2. The Morgan fingerprint density at radius 1 is 1.15 bits per heavy atom. The maximum absolute atomic E-state index is 6.30. The summed E-state index contributed by atoms with van der Waals surface area (Å²) < 4.78 is 6.30. The predicted molar refractivity (Wildman–Crippen MR) is 85.0 cm³/mol. The topological polar surface area (TPSA) is 21.3 Å². The molecule has 0 aliphatic heterocycles. The van der Waals surface area contributed by atoms with Gasteiger partial charge in [0.1, 0.15) is 5.75 Å². The Bertz CT molecular complexity index is 404. The number of ether oxygens (including phenoxy) is 1. The summed E-state index contributed by atoms with van der Waals surface area (Å²) in [6, 6.07) is 8.47. The lowest BCUT2D eigenvalue weighted by molar-refractivity contribution is 0.0996. The highest BCUT2D eigenvalue weighted by Gasteiger charge is 2.26. The molecule has 0 radical (unpaired) electrons. The van der Waals surface area contributed by atoms with Crippen LogP contribution >= 0.6 is 0 Å². The van der Waals surface area contributed by atoms with E-state index >= 15 is 0 Å². The van der Waals surface area contributed by atoms with Crippen molar-refractivity contribution < 1.29 is 4.74 Å². The average molecular weight is 275 g/mol. The monoisotopic (exact) mass is 275 g/mol. The van der Waals surface area contributed by atoms with Gasteiger partial charge in [-0.2, -0.15) is 0 Å². The van der Waals surface area contributed by atoms with Crippen LogP contribution in [0, 0.1) is 11.8 Å². The first-order valence-corrected chi connectivity index (χ1v) is 8.16. The van der Waals surface area contributed by atoms with E-state index in [0.717, 1.165) is 30.7 Å². The molecule has 1 aliphatic carbocycles. The highest BCUT2D eigenvalue weighted by atomic mass is 16.5. The van der Waals surface area contributed by atoms with Crippen LogP contribution in [0.4, 0.5) is 0 Å². The van der Waals surface area contributed by atoms with E-state index in [1.54, 1.807) is 0 Å². The summed E-state index contributed by atoms with van der Waals surface area (Å²) in [5.74, 6) is 2.69. The number of para-hydroxylation sites is 1. The number of nitrogens with one attached hydrogen (secondary N) is 1. The summed E-state index contributed by atoms with van der Waals surface area (Å²) in [5.41, 5.74) is 1.28. The van der Waals surface area contributed by atoms with Crippen molar-refractivity contribution in [3.63, 3.8) is 0 Å². The van der Waals surface area contributed by atoms with Crippen molar-refractivity contribution in [2.45, 2.75) is 59.1 Å². The Hall–Kier alpha value is -1.02. The minimum atomic E-state index is 0.397. The van der Waals surface area contributed by atoms with E-state index in [1.165, 1.54) is 31.2 Å². The van der Waals surface area contributed by atoms with E-state index in [1.807, 2.05) is 0 Å². The second-order valence-corrected chi connectivity index (χ2v) is 6.29. The first-order valence-electron chi connectivity index (χ1n) is 8.16. The Balaban J connectivity index is 1.94. The summed E-state index contributed by atoms with van der Waals surface area (Å²) in [6.07, 6.45) is 5.25. The summed E-state index contributed by atoms with van der Waals surface area (Å²) in [5, 5.41) is 3.46. The first-order chi connectivity index (χ1) is 9.70. The molecule has 0 heterocycles. The van der Waals surface area contributed by atoms with Crippen LogP contribution in [0.25, 0.3) is 0 Å². The predicted octanol–water partition coefficient (Wildman–Crippen LogP) is 4.39. The molecule has 0 bridgehead atoms. The second-order valence-electron chi connectivity index (χ2n) is 6.29. The van der Waals surface area contributed by atoms with Gasteiger partial charge in [0, 0.05) is 12.1 Å². The minimum absolute atomic E-state index is 0.397. The van der Waals surface area contributed by atoms with Crippen LogP contribution < -0.4 is 10.1 Å². The Morgan fingerprint density at radius 2 is 1.95 bits per heavy atom. The molecule has 3 unspecified atom stereocenters. The zero-order chi connectivity index (χ0) is 14.4. The van der Waals surface area contributed by atoms with E-state index in [4.69, 9.17) is 4.74 Å². The SMILES string of the molecule is CCCNCc1ccccc1OC1CCC(C)C(C)C1. The lowest BCUT2D eigenvalue weighted by atomic mass is 9.80. The molecular formula is C18H29NO. The summed E-state index contributed by atoms with van der Waals surface area (Å²) in [6.45, 7) is 8.88. The molecule has 1 N–H and O–H groups in total. The molecule has 0 saturated heterocycles. The molecule has 1 aliphatic rings. The van der Waals surface area contributed by atoms with Crippen molar-refractivity contribution >= 4 is 0 Å². The van der Waals surface area contributed by atoms with Crippen LogP contribution in [0.15, 0.2) is 24.3 Å². The highest BCUT2D eigenvalue weighted by Crippen LogP contribution is 2.32. The standard InChI is InChI=1S/C18H29NO/c1-4-11-19-13-16-7-5-6-8-18(16)20-17-10-9-14(2)15(3)12-17/h5-8,14-15,17,19H,4,9-13H2,1-3H3. The molecule has 1 fully saturated rings. The molecule has 2 nitrogen and oxygen atoms in total. The molecule has 112 valence electrons. The van der Waals surface area contributed by atoms with Crippen molar-refractivity contribution in [3.8, 4) is 5.75 Å². The maximum atomic E-state index is 6.30. The van der Waals surface area contributed by atoms with Crippen LogP contribution in [0.3, 0.4) is 0 Å². The maximum Gasteiger partial charge on any atom is 0.124 e. The van der Waals surface area contributed by atoms with Gasteiger partial charge in [-0.15, -0.1) is 0 Å². The largest absolute Gasteiger partial charge is 0.490 e. The average Bonchev–Trinajstić information content (AvgIpc) is 2.45. The minimum Gasteiger partial charge on any atom is -0.490 e. The van der Waals surface area contributed by atoms with Crippen molar-refractivity contribution in [1.82, 2.24) is 5.32 Å². The van der Waals surface area contributed by atoms with E-state index in [0.29, 0.717) is 6.10 Å². The Morgan fingerprint density at radius 3 is 2.70 bits per heavy atom. The van der Waals surface area contributed by atoms with Gasteiger partial charge in [-0.3, -0.25) is 0 Å². The second kappa shape index (κ2) is 7.68. The van der Waals surface area contributed by atoms with Crippen LogP contribution in [0.2, 0.25) is 0 Å². The van der Waals surface area contributed by atoms with E-state index in [9.17, 15) is 0 Å². The normalized spacial score (nSPS) is 26.4. The summed E-state index contributed by atoms with van der Waals surface area (Å²) in [7, 11) is 0. The van der Waals surface area contributed by atoms with Gasteiger partial charge in [-0.25, -0.2) is 0 Å². The number of hydrogen-bond donors (Lipinski definition) is 1. The van der Waals surface area contributed by atoms with Gasteiger partial charge in [0.15, 0.2) is 0 Å². The van der Waals surface area contributed by atoms with Gasteiger partial charge >= 0.3 is 0 Å². The third-order valence-corrected chi connectivity index (χ3v) is 4.56. The Kier molecular flexibility index (Phi) is 5.90. The molecule has 0 amide bonds. The molecule has 2 rings (SSSR count). The van der Waals surface area contributed by atoms with Crippen LogP contribution in [0.1, 0.15) is 52.0 Å². The van der Waals surface area contributed by atoms with E-state index in [-0.39, 0.29) is 0 Å². The summed E-state index contributed by atoms with van der Waals surface area (Å²) in [4.78, 5) is 0. The van der Waals surface area contributed by atoms with Gasteiger partial charge in [0.25, 0.3) is 0 Å². The molecule has 0 spiro atoms. The first kappa shape index (κ1) is 15.4. The van der Waals surface area contributed by atoms with Crippen molar-refractivity contribution in [3.05, 3.63) is 29.8 Å². The van der Waals surface area contributed by atoms with Gasteiger partial charge in [-0.1, -0.05) is 39.0 Å². The number of benzene rings is 1. The Labute approximate surface area is 123 Å². The molecule has 20 heavy (non-hydrogen) atoms. The van der Waals surface area contributed by atoms with Gasteiger partial charge in [0.05, 0.1) is 6.10 Å². The van der Waals surface area contributed by atoms with Crippen LogP contribution in [-0.2, 0) is 6.54 Å².